The Morgan fingerprint density at radius 1 is 1.09 bits per heavy atom. The Kier molecular flexibility index (Phi) is 6.71. The van der Waals surface area contributed by atoms with Crippen LogP contribution < -0.4 is 9.88 Å². The van der Waals surface area contributed by atoms with Gasteiger partial charge in [0.2, 0.25) is 10.0 Å². The predicted molar refractivity (Wildman–Crippen MR) is 132 cm³/mol. The highest BCUT2D eigenvalue weighted by Gasteiger charge is 2.32. The number of hydrogen-bond acceptors (Lipinski definition) is 7. The van der Waals surface area contributed by atoms with E-state index < -0.39 is 10.0 Å². The molecule has 3 aromatic rings. The number of nitrogens with two attached hydrogens (primary N) is 1. The van der Waals surface area contributed by atoms with Crippen LogP contribution in [0.2, 0.25) is 0 Å². The van der Waals surface area contributed by atoms with E-state index >= 15 is 0 Å². The number of ether oxygens (including phenoxy) is 1. The van der Waals surface area contributed by atoms with Crippen LogP contribution in [-0.4, -0.2) is 37.2 Å². The van der Waals surface area contributed by atoms with Crippen molar-refractivity contribution >= 4 is 50.3 Å². The number of amides is 1. The molecule has 0 radical (unpaired) electrons. The van der Waals surface area contributed by atoms with Gasteiger partial charge in [-0.2, -0.15) is 0 Å². The third-order valence-electron chi connectivity index (χ3n) is 5.02. The fourth-order valence-corrected chi connectivity index (χ4v) is 5.05. The first kappa shape index (κ1) is 23.2. The number of rotatable bonds is 7. The lowest BCUT2D eigenvalue weighted by Gasteiger charge is -2.14. The summed E-state index contributed by atoms with van der Waals surface area (Å²) in [5.41, 5.74) is 1.77. The summed E-state index contributed by atoms with van der Waals surface area (Å²) in [5.74, 6) is 1.66. The van der Waals surface area contributed by atoms with Crippen molar-refractivity contribution in [3.8, 4) is 17.1 Å². The van der Waals surface area contributed by atoms with Crippen LogP contribution in [0.1, 0.15) is 11.3 Å². The quantitative estimate of drug-likeness (QED) is 0.386. The molecule has 7 nitrogen and oxygen atoms in total. The monoisotopic (exact) mass is 500 g/mol. The van der Waals surface area contributed by atoms with Crippen molar-refractivity contribution in [2.45, 2.75) is 11.3 Å². The van der Waals surface area contributed by atoms with Crippen LogP contribution >= 0.6 is 24.0 Å². The molecule has 1 aliphatic rings. The van der Waals surface area contributed by atoms with Crippen LogP contribution in [0.25, 0.3) is 17.4 Å². The molecular formula is C23H20N2O5S3. The highest BCUT2D eigenvalue weighted by atomic mass is 32.2. The number of carbonyl (C=O) groups is 1. The van der Waals surface area contributed by atoms with Crippen molar-refractivity contribution in [2.75, 3.05) is 13.7 Å². The fraction of sp³-hybridized carbons (Fsp3) is 0.130. The maximum atomic E-state index is 12.9. The Bertz CT molecular complexity index is 1330. The fourth-order valence-electron chi connectivity index (χ4n) is 3.25. The van der Waals surface area contributed by atoms with Gasteiger partial charge in [-0.1, -0.05) is 36.1 Å². The Hall–Kier alpha value is -2.92. The summed E-state index contributed by atoms with van der Waals surface area (Å²) in [6, 6.07) is 17.3. The lowest BCUT2D eigenvalue weighted by molar-refractivity contribution is -0.122. The largest absolute Gasteiger partial charge is 0.497 e. The summed E-state index contributed by atoms with van der Waals surface area (Å²) >= 11 is 6.64. The molecule has 1 aromatic heterocycles. The summed E-state index contributed by atoms with van der Waals surface area (Å²) in [4.78, 5) is 15.0. The van der Waals surface area contributed by atoms with E-state index in [0.29, 0.717) is 39.3 Å². The van der Waals surface area contributed by atoms with E-state index in [1.165, 1.54) is 23.9 Å². The first-order valence-corrected chi connectivity index (χ1v) is 12.6. The Labute approximate surface area is 201 Å². The van der Waals surface area contributed by atoms with Crippen LogP contribution in [0.4, 0.5) is 0 Å². The van der Waals surface area contributed by atoms with Crippen molar-refractivity contribution in [1.29, 1.82) is 0 Å². The van der Waals surface area contributed by atoms with E-state index in [-0.39, 0.29) is 10.8 Å². The summed E-state index contributed by atoms with van der Waals surface area (Å²) in [5, 5.41) is 5.13. The Morgan fingerprint density at radius 3 is 2.42 bits per heavy atom. The number of primary sulfonamides is 1. The minimum Gasteiger partial charge on any atom is -0.497 e. The third-order valence-corrected chi connectivity index (χ3v) is 7.33. The molecule has 2 heterocycles. The minimum atomic E-state index is -3.76. The molecule has 0 atom stereocenters. The number of sulfonamides is 1. The minimum absolute atomic E-state index is 0.0244. The summed E-state index contributed by atoms with van der Waals surface area (Å²) in [6.07, 6.45) is 2.33. The molecule has 10 heteroatoms. The smallest absolute Gasteiger partial charge is 0.266 e. The molecule has 1 amide bonds. The zero-order chi connectivity index (χ0) is 23.6. The highest BCUT2D eigenvalue weighted by Crippen LogP contribution is 2.34. The molecule has 1 aliphatic heterocycles. The third kappa shape index (κ3) is 5.36. The van der Waals surface area contributed by atoms with Gasteiger partial charge in [-0.05, 0) is 60.5 Å². The van der Waals surface area contributed by atoms with Gasteiger partial charge in [0.05, 0.1) is 16.9 Å². The van der Waals surface area contributed by atoms with E-state index in [4.69, 9.17) is 26.5 Å². The molecule has 0 aliphatic carbocycles. The van der Waals surface area contributed by atoms with Crippen LogP contribution in [0, 0.1) is 0 Å². The number of nitrogens with zero attached hydrogens (tertiary/aromatic N) is 1. The van der Waals surface area contributed by atoms with E-state index in [1.54, 1.807) is 42.4 Å². The van der Waals surface area contributed by atoms with E-state index in [0.717, 1.165) is 11.3 Å². The van der Waals surface area contributed by atoms with Crippen molar-refractivity contribution in [1.82, 2.24) is 4.90 Å². The maximum absolute atomic E-state index is 12.9. The number of methoxy groups -OCH3 is 1. The van der Waals surface area contributed by atoms with Gasteiger partial charge in [-0.25, -0.2) is 13.6 Å². The predicted octanol–water partition coefficient (Wildman–Crippen LogP) is 4.05. The van der Waals surface area contributed by atoms with E-state index in [2.05, 4.69) is 0 Å². The van der Waals surface area contributed by atoms with Crippen molar-refractivity contribution in [3.63, 3.8) is 0 Å². The number of thioether (sulfide) groups is 1. The SMILES string of the molecule is COc1ccc(CCN2C(=O)/C(=C/c3ccc(-c4ccc(S(N)(=O)=O)cc4)o3)SC2=S)cc1. The summed E-state index contributed by atoms with van der Waals surface area (Å²) < 4.78 is 34.3. The molecule has 0 unspecified atom stereocenters. The van der Waals surface area contributed by atoms with Crippen LogP contribution in [0.15, 0.2) is 74.9 Å². The molecule has 33 heavy (non-hydrogen) atoms. The summed E-state index contributed by atoms with van der Waals surface area (Å²) in [6.45, 7) is 0.480. The normalized spacial score (nSPS) is 15.5. The van der Waals surface area contributed by atoms with E-state index in [9.17, 15) is 13.2 Å². The molecule has 0 bridgehead atoms. The number of hydrogen-bond donors (Lipinski definition) is 1. The maximum Gasteiger partial charge on any atom is 0.266 e. The zero-order valence-electron chi connectivity index (χ0n) is 17.6. The molecule has 1 fully saturated rings. The van der Waals surface area contributed by atoms with E-state index in [1.807, 2.05) is 24.3 Å². The highest BCUT2D eigenvalue weighted by molar-refractivity contribution is 8.26. The molecule has 170 valence electrons. The topological polar surface area (TPSA) is 103 Å². The molecule has 2 aromatic carbocycles. The molecule has 0 saturated carbocycles. The van der Waals surface area contributed by atoms with Crippen LogP contribution in [0.5, 0.6) is 5.75 Å². The number of thiocarbonyl (C=S) groups is 1. The van der Waals surface area contributed by atoms with Gasteiger partial charge in [0.25, 0.3) is 5.91 Å². The molecule has 0 spiro atoms. The number of benzene rings is 2. The van der Waals surface area contributed by atoms with Crippen molar-refractivity contribution in [2.24, 2.45) is 5.14 Å². The first-order chi connectivity index (χ1) is 15.7. The van der Waals surface area contributed by atoms with Gasteiger partial charge in [-0.3, -0.25) is 9.69 Å². The second kappa shape index (κ2) is 9.52. The standard InChI is InChI=1S/C23H20N2O5S3/c1-29-17-6-2-15(3-7-17)12-13-25-22(26)21(32-23(25)31)14-18-8-11-20(30-18)16-4-9-19(10-5-16)33(24,27)28/h2-11,14H,12-13H2,1H3,(H2,24,27,28)/b21-14-. The molecule has 1 saturated heterocycles. The summed E-state index contributed by atoms with van der Waals surface area (Å²) in [7, 11) is -2.14. The number of carbonyl (C=O) groups excluding carboxylic acids is 1. The molecular weight excluding hydrogens is 480 g/mol. The first-order valence-electron chi connectivity index (χ1n) is 9.86. The average Bonchev–Trinajstić information content (AvgIpc) is 3.37. The van der Waals surface area contributed by atoms with Gasteiger partial charge in [0.1, 0.15) is 21.6 Å². The average molecular weight is 501 g/mol. The zero-order valence-corrected chi connectivity index (χ0v) is 20.0. The van der Waals surface area contributed by atoms with Gasteiger partial charge < -0.3 is 9.15 Å². The van der Waals surface area contributed by atoms with Gasteiger partial charge in [-0.15, -0.1) is 0 Å². The molecule has 2 N–H and O–H groups in total. The van der Waals surface area contributed by atoms with Crippen LogP contribution in [-0.2, 0) is 21.2 Å². The van der Waals surface area contributed by atoms with Gasteiger partial charge in [0.15, 0.2) is 0 Å². The van der Waals surface area contributed by atoms with Gasteiger partial charge in [0, 0.05) is 18.2 Å². The Morgan fingerprint density at radius 2 is 1.79 bits per heavy atom. The number of furan rings is 1. The van der Waals surface area contributed by atoms with Crippen LogP contribution in [0.3, 0.4) is 0 Å². The second-order valence-electron chi connectivity index (χ2n) is 7.20. The lowest BCUT2D eigenvalue weighted by atomic mass is 10.1. The molecule has 4 rings (SSSR count). The van der Waals surface area contributed by atoms with Gasteiger partial charge >= 0.3 is 0 Å². The second-order valence-corrected chi connectivity index (χ2v) is 10.4. The Balaban J connectivity index is 1.44. The van der Waals surface area contributed by atoms with Crippen molar-refractivity contribution in [3.05, 3.63) is 76.9 Å². The van der Waals surface area contributed by atoms with Crippen molar-refractivity contribution < 1.29 is 22.4 Å². The lowest BCUT2D eigenvalue weighted by Crippen LogP contribution is -2.30.